The average Bonchev–Trinajstić information content (AvgIpc) is 3.11. The first kappa shape index (κ1) is 11.9. The largest absolute Gasteiger partial charge is 0.377 e. The summed E-state index contributed by atoms with van der Waals surface area (Å²) in [5, 5.41) is 1.07. The predicted molar refractivity (Wildman–Crippen MR) is 71.8 cm³/mol. The van der Waals surface area contributed by atoms with Crippen molar-refractivity contribution in [1.29, 1.82) is 0 Å². The molecule has 0 saturated heterocycles. The van der Waals surface area contributed by atoms with Gasteiger partial charge in [0.2, 0.25) is 0 Å². The maximum absolute atomic E-state index is 5.66. The molecule has 0 N–H and O–H groups in total. The van der Waals surface area contributed by atoms with Crippen molar-refractivity contribution in [3.63, 3.8) is 0 Å². The Morgan fingerprint density at radius 1 is 1.25 bits per heavy atom. The van der Waals surface area contributed by atoms with Gasteiger partial charge in [0.15, 0.2) is 0 Å². The van der Waals surface area contributed by atoms with E-state index < -0.39 is 0 Å². The summed E-state index contributed by atoms with van der Waals surface area (Å²) in [6.07, 6.45) is 6.80. The highest BCUT2D eigenvalue weighted by atomic mass is 79.9. The third kappa shape index (κ3) is 3.46. The maximum Gasteiger partial charge on any atom is 0.0650 e. The molecule has 0 unspecified atom stereocenters. The monoisotopic (exact) mass is 280 g/mol. The Balaban J connectivity index is 1.67. The third-order valence-corrected chi connectivity index (χ3v) is 4.16. The third-order valence-electron chi connectivity index (χ3n) is 2.97. The van der Waals surface area contributed by atoms with E-state index >= 15 is 0 Å². The number of ether oxygens (including phenoxy) is 1. The Labute approximate surface area is 106 Å². The number of hydrogen-bond acceptors (Lipinski definition) is 1. The lowest BCUT2D eigenvalue weighted by Gasteiger charge is -2.09. The highest BCUT2D eigenvalue weighted by molar-refractivity contribution is 9.09. The van der Waals surface area contributed by atoms with Crippen LogP contribution in [0.3, 0.4) is 0 Å². The second-order valence-electron chi connectivity index (χ2n) is 4.46. The number of halogens is 1. The lowest BCUT2D eigenvalue weighted by molar-refractivity contribution is 0.122. The van der Waals surface area contributed by atoms with Crippen LogP contribution in [0.2, 0.25) is 0 Å². The highest BCUT2D eigenvalue weighted by Crippen LogP contribution is 2.47. The van der Waals surface area contributed by atoms with E-state index in [0.717, 1.165) is 11.9 Å². The molecule has 0 amide bonds. The Morgan fingerprint density at radius 3 is 2.62 bits per heavy atom. The number of benzene rings is 1. The van der Waals surface area contributed by atoms with Crippen molar-refractivity contribution in [2.24, 2.45) is 5.41 Å². The molecular formula is C14H17BrO. The zero-order valence-corrected chi connectivity index (χ0v) is 10.9. The van der Waals surface area contributed by atoms with Crippen LogP contribution < -0.4 is 0 Å². The van der Waals surface area contributed by atoms with E-state index in [1.807, 2.05) is 18.2 Å². The molecule has 0 spiro atoms. The fourth-order valence-corrected chi connectivity index (χ4v) is 2.31. The number of hydrogen-bond donors (Lipinski definition) is 0. The molecule has 0 heterocycles. The molecule has 86 valence electrons. The lowest BCUT2D eigenvalue weighted by Crippen LogP contribution is -2.11. The van der Waals surface area contributed by atoms with E-state index in [1.54, 1.807) is 0 Å². The van der Waals surface area contributed by atoms with Gasteiger partial charge in [-0.2, -0.15) is 0 Å². The second kappa shape index (κ2) is 5.65. The first-order valence-electron chi connectivity index (χ1n) is 5.70. The molecule has 2 rings (SSSR count). The molecule has 1 nitrogen and oxygen atoms in total. The van der Waals surface area contributed by atoms with Crippen molar-refractivity contribution in [1.82, 2.24) is 0 Å². The van der Waals surface area contributed by atoms with Gasteiger partial charge in [0.05, 0.1) is 13.2 Å². The lowest BCUT2D eigenvalue weighted by atomic mass is 10.2. The first-order valence-corrected chi connectivity index (χ1v) is 6.82. The Morgan fingerprint density at radius 2 is 2.00 bits per heavy atom. The number of rotatable bonds is 6. The zero-order valence-electron chi connectivity index (χ0n) is 9.36. The minimum Gasteiger partial charge on any atom is -0.377 e. The predicted octanol–water partition coefficient (Wildman–Crippen LogP) is 3.89. The van der Waals surface area contributed by atoms with Crippen molar-refractivity contribution < 1.29 is 4.74 Å². The van der Waals surface area contributed by atoms with Crippen LogP contribution in [-0.4, -0.2) is 18.5 Å². The van der Waals surface area contributed by atoms with Crippen molar-refractivity contribution in [3.8, 4) is 0 Å². The summed E-state index contributed by atoms with van der Waals surface area (Å²) in [7, 11) is 0. The van der Waals surface area contributed by atoms with Gasteiger partial charge in [0, 0.05) is 10.7 Å². The first-order chi connectivity index (χ1) is 7.85. The van der Waals surface area contributed by atoms with Gasteiger partial charge in [-0.1, -0.05) is 58.4 Å². The summed E-state index contributed by atoms with van der Waals surface area (Å²) >= 11 is 3.54. The molecular weight excluding hydrogens is 264 g/mol. The van der Waals surface area contributed by atoms with Gasteiger partial charge < -0.3 is 4.74 Å². The summed E-state index contributed by atoms with van der Waals surface area (Å²) in [6.45, 7) is 1.60. The van der Waals surface area contributed by atoms with Crippen LogP contribution in [0.4, 0.5) is 0 Å². The summed E-state index contributed by atoms with van der Waals surface area (Å²) in [5.74, 6) is 0. The molecule has 0 radical (unpaired) electrons. The van der Waals surface area contributed by atoms with Gasteiger partial charge in [-0.05, 0) is 18.4 Å². The molecule has 2 heteroatoms. The van der Waals surface area contributed by atoms with Crippen LogP contribution in [0.5, 0.6) is 0 Å². The van der Waals surface area contributed by atoms with Gasteiger partial charge in [-0.3, -0.25) is 0 Å². The van der Waals surface area contributed by atoms with Crippen molar-refractivity contribution in [2.45, 2.75) is 12.8 Å². The maximum atomic E-state index is 5.66. The topological polar surface area (TPSA) is 9.23 Å². The molecule has 0 aliphatic heterocycles. The summed E-state index contributed by atoms with van der Waals surface area (Å²) in [5.41, 5.74) is 1.69. The molecule has 0 aromatic heterocycles. The Hall–Kier alpha value is -0.600. The fraction of sp³-hybridized carbons (Fsp3) is 0.429. The molecule has 0 atom stereocenters. The van der Waals surface area contributed by atoms with Gasteiger partial charge in [-0.15, -0.1) is 0 Å². The smallest absolute Gasteiger partial charge is 0.0650 e. The van der Waals surface area contributed by atoms with Crippen molar-refractivity contribution in [2.75, 3.05) is 18.5 Å². The van der Waals surface area contributed by atoms with Crippen LogP contribution in [-0.2, 0) is 4.74 Å². The second-order valence-corrected chi connectivity index (χ2v) is 5.02. The van der Waals surface area contributed by atoms with E-state index in [1.165, 1.54) is 18.4 Å². The van der Waals surface area contributed by atoms with Crippen LogP contribution in [0.25, 0.3) is 6.08 Å². The van der Waals surface area contributed by atoms with Crippen LogP contribution in [0.15, 0.2) is 36.4 Å². The summed E-state index contributed by atoms with van der Waals surface area (Å²) < 4.78 is 5.66. The molecule has 1 aromatic rings. The molecule has 1 aliphatic rings. The molecule has 1 aromatic carbocycles. The number of alkyl halides is 1. The van der Waals surface area contributed by atoms with E-state index in [-0.39, 0.29) is 0 Å². The standard InChI is InChI=1S/C14H17BrO/c15-11-14(8-9-14)12-16-10-4-7-13-5-2-1-3-6-13/h1-7H,8-12H2. The Bertz CT molecular complexity index is 341. The summed E-state index contributed by atoms with van der Waals surface area (Å²) in [4.78, 5) is 0. The highest BCUT2D eigenvalue weighted by Gasteiger charge is 2.41. The van der Waals surface area contributed by atoms with Crippen LogP contribution in [0.1, 0.15) is 18.4 Å². The van der Waals surface area contributed by atoms with Crippen molar-refractivity contribution in [3.05, 3.63) is 42.0 Å². The van der Waals surface area contributed by atoms with E-state index in [0.29, 0.717) is 12.0 Å². The van der Waals surface area contributed by atoms with E-state index in [4.69, 9.17) is 4.74 Å². The van der Waals surface area contributed by atoms with Gasteiger partial charge in [0.25, 0.3) is 0 Å². The normalized spacial score (nSPS) is 17.8. The van der Waals surface area contributed by atoms with Gasteiger partial charge >= 0.3 is 0 Å². The molecule has 16 heavy (non-hydrogen) atoms. The SMILES string of the molecule is BrCC1(COCC=Cc2ccccc2)CC1. The Kier molecular flexibility index (Phi) is 4.19. The zero-order chi connectivity index (χ0) is 11.3. The minimum absolute atomic E-state index is 0.459. The average molecular weight is 281 g/mol. The molecule has 1 fully saturated rings. The van der Waals surface area contributed by atoms with Crippen LogP contribution in [0, 0.1) is 5.41 Å². The summed E-state index contributed by atoms with van der Waals surface area (Å²) in [6, 6.07) is 10.3. The van der Waals surface area contributed by atoms with Crippen LogP contribution >= 0.6 is 15.9 Å². The van der Waals surface area contributed by atoms with Gasteiger partial charge in [0.1, 0.15) is 0 Å². The van der Waals surface area contributed by atoms with Gasteiger partial charge in [-0.25, -0.2) is 0 Å². The molecule has 0 bridgehead atoms. The molecule has 1 saturated carbocycles. The minimum atomic E-state index is 0.459. The quantitative estimate of drug-likeness (QED) is 0.567. The fourth-order valence-electron chi connectivity index (χ4n) is 1.59. The van der Waals surface area contributed by atoms with E-state index in [9.17, 15) is 0 Å². The molecule has 1 aliphatic carbocycles. The van der Waals surface area contributed by atoms with Crippen molar-refractivity contribution >= 4 is 22.0 Å². The van der Waals surface area contributed by atoms with E-state index in [2.05, 4.69) is 40.2 Å².